The smallest absolute Gasteiger partial charge is 0.307 e. The Morgan fingerprint density at radius 3 is 2.38 bits per heavy atom. The number of hydrogen-bond donors (Lipinski definition) is 1. The van der Waals surface area contributed by atoms with Crippen molar-refractivity contribution in [2.75, 3.05) is 27.7 Å². The Morgan fingerprint density at radius 1 is 1.44 bits per heavy atom. The zero-order valence-electron chi connectivity index (χ0n) is 10.5. The summed E-state index contributed by atoms with van der Waals surface area (Å²) in [6, 6.07) is 0. The Bertz CT molecular complexity index is 248. The Kier molecular flexibility index (Phi) is 6.52. The number of aliphatic carboxylic acids is 1. The van der Waals surface area contributed by atoms with Crippen molar-refractivity contribution < 1.29 is 19.1 Å². The normalized spacial score (nSPS) is 13.2. The number of thiocarbonyl (C=S) groups is 1. The second kappa shape index (κ2) is 6.81. The van der Waals surface area contributed by atoms with E-state index >= 15 is 0 Å². The monoisotopic (exact) mass is 248 g/mol. The number of rotatable bonds is 7. The summed E-state index contributed by atoms with van der Waals surface area (Å²) in [6.07, 6.45) is 1.29. The van der Waals surface area contributed by atoms with E-state index in [1.165, 1.54) is 0 Å². The first-order valence-corrected chi connectivity index (χ1v) is 5.87. The molecule has 0 aliphatic rings. The molecule has 0 saturated heterocycles. The first kappa shape index (κ1) is 15.3. The van der Waals surface area contributed by atoms with Crippen molar-refractivity contribution in [1.29, 1.82) is 0 Å². The summed E-state index contributed by atoms with van der Waals surface area (Å²) >= 11 is 5.05. The third-order valence-corrected chi connectivity index (χ3v) is 2.21. The molecule has 5 heteroatoms. The number of carboxylic acid groups (broad SMARTS) is 1. The SMILES string of the molecule is CCCC(=S)OC(CC(=O)O)C[N+](C)(C)C. The van der Waals surface area contributed by atoms with E-state index in [9.17, 15) is 4.79 Å². The van der Waals surface area contributed by atoms with Gasteiger partial charge in [-0.3, -0.25) is 4.79 Å². The van der Waals surface area contributed by atoms with Crippen molar-refractivity contribution in [3.8, 4) is 0 Å². The Hall–Kier alpha value is -0.680. The minimum absolute atomic E-state index is 0.000621. The summed E-state index contributed by atoms with van der Waals surface area (Å²) < 4.78 is 6.17. The van der Waals surface area contributed by atoms with Crippen LogP contribution in [-0.2, 0) is 9.53 Å². The van der Waals surface area contributed by atoms with Gasteiger partial charge in [-0.15, -0.1) is 0 Å². The number of nitrogens with zero attached hydrogens (tertiary/aromatic N) is 1. The third-order valence-electron chi connectivity index (χ3n) is 1.91. The molecule has 0 fully saturated rings. The summed E-state index contributed by atoms with van der Waals surface area (Å²) in [5, 5.41) is 9.31. The van der Waals surface area contributed by atoms with E-state index in [-0.39, 0.29) is 12.5 Å². The Morgan fingerprint density at radius 2 is 2.00 bits per heavy atom. The van der Waals surface area contributed by atoms with Gasteiger partial charge in [0.15, 0.2) is 11.2 Å². The van der Waals surface area contributed by atoms with Crippen LogP contribution in [0.25, 0.3) is 0 Å². The topological polar surface area (TPSA) is 46.5 Å². The molecule has 1 N–H and O–H groups in total. The van der Waals surface area contributed by atoms with Crippen LogP contribution in [0.2, 0.25) is 0 Å². The highest BCUT2D eigenvalue weighted by Crippen LogP contribution is 2.08. The highest BCUT2D eigenvalue weighted by molar-refractivity contribution is 7.80. The van der Waals surface area contributed by atoms with Crippen molar-refractivity contribution in [3.05, 3.63) is 0 Å². The highest BCUT2D eigenvalue weighted by Gasteiger charge is 2.23. The average molecular weight is 248 g/mol. The van der Waals surface area contributed by atoms with Gasteiger partial charge in [-0.25, -0.2) is 0 Å². The largest absolute Gasteiger partial charge is 0.481 e. The molecule has 4 nitrogen and oxygen atoms in total. The zero-order chi connectivity index (χ0) is 12.8. The molecular formula is C11H22NO3S+. The molecule has 0 aromatic carbocycles. The number of likely N-dealkylation sites (N-methyl/N-ethyl adjacent to an activating group) is 1. The molecule has 0 amide bonds. The summed E-state index contributed by atoms with van der Waals surface area (Å²) in [4.78, 5) is 10.7. The maximum atomic E-state index is 10.7. The van der Waals surface area contributed by atoms with Gasteiger partial charge in [0, 0.05) is 6.42 Å². The van der Waals surface area contributed by atoms with Crippen LogP contribution in [-0.4, -0.2) is 54.4 Å². The Balaban J connectivity index is 4.31. The van der Waals surface area contributed by atoms with Crippen LogP contribution in [0.15, 0.2) is 0 Å². The van der Waals surface area contributed by atoms with Crippen molar-refractivity contribution in [1.82, 2.24) is 0 Å². The fourth-order valence-electron chi connectivity index (χ4n) is 1.40. The van der Waals surface area contributed by atoms with Crippen molar-refractivity contribution in [2.45, 2.75) is 32.3 Å². The number of hydrogen-bond acceptors (Lipinski definition) is 3. The molecule has 16 heavy (non-hydrogen) atoms. The third kappa shape index (κ3) is 8.61. The molecule has 0 rings (SSSR count). The van der Waals surface area contributed by atoms with Gasteiger partial charge in [-0.2, -0.15) is 0 Å². The van der Waals surface area contributed by atoms with Gasteiger partial charge in [-0.1, -0.05) is 6.92 Å². The number of carboxylic acids is 1. The highest BCUT2D eigenvalue weighted by atomic mass is 32.1. The van der Waals surface area contributed by atoms with E-state index in [0.29, 0.717) is 22.5 Å². The quantitative estimate of drug-likeness (QED) is 0.550. The fourth-order valence-corrected chi connectivity index (χ4v) is 1.74. The van der Waals surface area contributed by atoms with Gasteiger partial charge in [0.25, 0.3) is 0 Å². The molecule has 0 aliphatic carbocycles. The van der Waals surface area contributed by atoms with Crippen molar-refractivity contribution in [2.24, 2.45) is 0 Å². The van der Waals surface area contributed by atoms with Crippen molar-refractivity contribution in [3.63, 3.8) is 0 Å². The standard InChI is InChI=1S/C11H21NO3S/c1-5-6-11(16)15-9(7-10(13)14)8-12(2,3)4/h9H,5-8H2,1-4H3/p+1. The van der Waals surface area contributed by atoms with Crippen molar-refractivity contribution >= 4 is 23.2 Å². The van der Waals surface area contributed by atoms with E-state index in [4.69, 9.17) is 22.1 Å². The summed E-state index contributed by atoms with van der Waals surface area (Å²) in [6.45, 7) is 2.65. The van der Waals surface area contributed by atoms with Crippen LogP contribution in [0, 0.1) is 0 Å². The van der Waals surface area contributed by atoms with Gasteiger partial charge in [-0.05, 0) is 18.6 Å². The molecule has 1 unspecified atom stereocenters. The van der Waals surface area contributed by atoms with E-state index in [1.807, 2.05) is 28.1 Å². The molecular weight excluding hydrogens is 226 g/mol. The summed E-state index contributed by atoms with van der Waals surface area (Å²) in [5.74, 6) is -0.849. The lowest BCUT2D eigenvalue weighted by Crippen LogP contribution is -2.43. The van der Waals surface area contributed by atoms with Crippen LogP contribution in [0.4, 0.5) is 0 Å². The maximum Gasteiger partial charge on any atom is 0.307 e. The van der Waals surface area contributed by atoms with Gasteiger partial charge >= 0.3 is 5.97 Å². The van der Waals surface area contributed by atoms with Gasteiger partial charge < -0.3 is 14.3 Å². The average Bonchev–Trinajstić information content (AvgIpc) is 1.98. The van der Waals surface area contributed by atoms with Gasteiger partial charge in [0.2, 0.25) is 0 Å². The van der Waals surface area contributed by atoms with Crippen LogP contribution in [0.5, 0.6) is 0 Å². The number of carbonyl (C=O) groups is 1. The lowest BCUT2D eigenvalue weighted by molar-refractivity contribution is -0.873. The maximum absolute atomic E-state index is 10.7. The van der Waals surface area contributed by atoms with E-state index in [1.54, 1.807) is 0 Å². The minimum atomic E-state index is -0.849. The Labute approximate surface area is 103 Å². The molecule has 1 atom stereocenters. The molecule has 0 aromatic heterocycles. The van der Waals surface area contributed by atoms with E-state index in [0.717, 1.165) is 6.42 Å². The first-order valence-electron chi connectivity index (χ1n) is 5.46. The molecule has 0 aliphatic heterocycles. The molecule has 0 heterocycles. The lowest BCUT2D eigenvalue weighted by atomic mass is 10.2. The number of quaternary nitrogens is 1. The fraction of sp³-hybridized carbons (Fsp3) is 0.818. The predicted octanol–water partition coefficient (Wildman–Crippen LogP) is 1.68. The summed E-state index contributed by atoms with van der Waals surface area (Å²) in [5.41, 5.74) is 0. The second-order valence-corrected chi connectivity index (χ2v) is 5.39. The first-order chi connectivity index (χ1) is 7.24. The van der Waals surface area contributed by atoms with E-state index < -0.39 is 5.97 Å². The minimum Gasteiger partial charge on any atom is -0.481 e. The second-order valence-electron chi connectivity index (χ2n) is 4.93. The van der Waals surface area contributed by atoms with Gasteiger partial charge in [0.05, 0.1) is 27.6 Å². The molecule has 94 valence electrons. The molecule has 0 aromatic rings. The molecule has 0 saturated carbocycles. The molecule has 0 bridgehead atoms. The van der Waals surface area contributed by atoms with E-state index in [2.05, 4.69) is 0 Å². The number of ether oxygens (including phenoxy) is 1. The van der Waals surface area contributed by atoms with Gasteiger partial charge in [0.1, 0.15) is 6.54 Å². The molecule has 0 spiro atoms. The van der Waals surface area contributed by atoms with Crippen LogP contribution >= 0.6 is 12.2 Å². The summed E-state index contributed by atoms with van der Waals surface area (Å²) in [7, 11) is 6.00. The molecule has 0 radical (unpaired) electrons. The zero-order valence-corrected chi connectivity index (χ0v) is 11.3. The lowest BCUT2D eigenvalue weighted by Gasteiger charge is -2.28. The van der Waals surface area contributed by atoms with Crippen LogP contribution < -0.4 is 0 Å². The van der Waals surface area contributed by atoms with Crippen LogP contribution in [0.1, 0.15) is 26.2 Å². The predicted molar refractivity (Wildman–Crippen MR) is 67.5 cm³/mol. The van der Waals surface area contributed by atoms with Crippen LogP contribution in [0.3, 0.4) is 0 Å².